The van der Waals surface area contributed by atoms with Crippen molar-refractivity contribution in [2.24, 2.45) is 17.3 Å². The van der Waals surface area contributed by atoms with Crippen molar-refractivity contribution in [3.63, 3.8) is 0 Å². The van der Waals surface area contributed by atoms with E-state index in [4.69, 9.17) is 4.74 Å². The highest BCUT2D eigenvalue weighted by Gasteiger charge is 2.54. The van der Waals surface area contributed by atoms with Gasteiger partial charge < -0.3 is 19.4 Å². The second-order valence-electron chi connectivity index (χ2n) is 8.74. The van der Waals surface area contributed by atoms with E-state index in [1.807, 2.05) is 17.0 Å². The third-order valence-electron chi connectivity index (χ3n) is 6.55. The van der Waals surface area contributed by atoms with Crippen LogP contribution in [-0.4, -0.2) is 67.5 Å². The summed E-state index contributed by atoms with van der Waals surface area (Å²) in [5, 5.41) is 0. The zero-order valence-electron chi connectivity index (χ0n) is 16.6. The lowest BCUT2D eigenvalue weighted by atomic mass is 9.89. The second kappa shape index (κ2) is 6.43. The normalized spacial score (nSPS) is 28.1. The van der Waals surface area contributed by atoms with Crippen LogP contribution < -0.4 is 4.74 Å². The number of rotatable bonds is 3. The van der Waals surface area contributed by atoms with Crippen LogP contribution in [0.2, 0.25) is 0 Å². The van der Waals surface area contributed by atoms with Gasteiger partial charge in [-0.05, 0) is 30.5 Å². The highest BCUT2D eigenvalue weighted by atomic mass is 16.5. The van der Waals surface area contributed by atoms with Gasteiger partial charge in [-0.3, -0.25) is 4.79 Å². The van der Waals surface area contributed by atoms with E-state index in [-0.39, 0.29) is 23.4 Å². The lowest BCUT2D eigenvalue weighted by molar-refractivity contribution is -0.135. The van der Waals surface area contributed by atoms with E-state index in [1.165, 1.54) is 0 Å². The predicted octanol–water partition coefficient (Wildman–Crippen LogP) is 2.61. The quantitative estimate of drug-likeness (QED) is 0.821. The molecule has 0 unspecified atom stereocenters. The minimum atomic E-state index is -0.132. The summed E-state index contributed by atoms with van der Waals surface area (Å²) in [5.74, 6) is 1.74. The first-order valence-electron chi connectivity index (χ1n) is 9.75. The van der Waals surface area contributed by atoms with Crippen molar-refractivity contribution in [3.05, 3.63) is 29.8 Å². The molecule has 0 N–H and O–H groups in total. The van der Waals surface area contributed by atoms with E-state index in [9.17, 15) is 9.59 Å². The van der Waals surface area contributed by atoms with Crippen LogP contribution in [0, 0.1) is 17.3 Å². The number of nitrogens with zero attached hydrogens (tertiary/aromatic N) is 3. The largest absolute Gasteiger partial charge is 0.497 e. The number of benzene rings is 1. The van der Waals surface area contributed by atoms with Crippen molar-refractivity contribution in [2.75, 3.05) is 40.8 Å². The number of amides is 3. The number of carbonyl (C=O) groups excluding carboxylic acids is 2. The van der Waals surface area contributed by atoms with Crippen molar-refractivity contribution in [2.45, 2.75) is 25.8 Å². The van der Waals surface area contributed by atoms with Crippen molar-refractivity contribution < 1.29 is 14.3 Å². The summed E-state index contributed by atoms with van der Waals surface area (Å²) in [6.45, 7) is 4.29. The molecule has 0 aromatic heterocycles. The fraction of sp³-hybridized carbons (Fsp3) is 0.619. The van der Waals surface area contributed by atoms with Gasteiger partial charge in [0, 0.05) is 51.0 Å². The number of hydrogen-bond acceptors (Lipinski definition) is 3. The molecule has 3 amide bonds. The number of fused-ring (bicyclic) bond motifs is 1. The summed E-state index contributed by atoms with van der Waals surface area (Å²) >= 11 is 0. The van der Waals surface area contributed by atoms with E-state index >= 15 is 0 Å². The molecule has 3 fully saturated rings. The van der Waals surface area contributed by atoms with Gasteiger partial charge in [0.25, 0.3) is 0 Å². The number of methoxy groups -OCH3 is 1. The molecule has 6 heteroatoms. The molecule has 2 saturated heterocycles. The molecule has 3 aliphatic rings. The topological polar surface area (TPSA) is 53.1 Å². The molecule has 27 heavy (non-hydrogen) atoms. The van der Waals surface area contributed by atoms with Gasteiger partial charge in [-0.1, -0.05) is 19.1 Å². The lowest BCUT2D eigenvalue weighted by Gasteiger charge is -2.32. The minimum absolute atomic E-state index is 0.000570. The van der Waals surface area contributed by atoms with Gasteiger partial charge in [0.15, 0.2) is 0 Å². The van der Waals surface area contributed by atoms with E-state index < -0.39 is 0 Å². The lowest BCUT2D eigenvalue weighted by Crippen LogP contribution is -2.42. The molecule has 6 nitrogen and oxygen atoms in total. The molecule has 2 aliphatic heterocycles. The van der Waals surface area contributed by atoms with Crippen LogP contribution in [0.25, 0.3) is 0 Å². The van der Waals surface area contributed by atoms with Crippen LogP contribution in [0.4, 0.5) is 4.79 Å². The van der Waals surface area contributed by atoms with Gasteiger partial charge in [-0.25, -0.2) is 4.79 Å². The van der Waals surface area contributed by atoms with Gasteiger partial charge in [0.1, 0.15) is 5.75 Å². The molecule has 1 aliphatic carbocycles. The van der Waals surface area contributed by atoms with Gasteiger partial charge in [-0.2, -0.15) is 0 Å². The van der Waals surface area contributed by atoms with Crippen molar-refractivity contribution in [3.8, 4) is 5.75 Å². The molecule has 1 aromatic carbocycles. The molecular weight excluding hydrogens is 342 g/mol. The van der Waals surface area contributed by atoms with Crippen LogP contribution in [0.1, 0.15) is 31.4 Å². The molecule has 1 aromatic rings. The van der Waals surface area contributed by atoms with E-state index in [2.05, 4.69) is 24.0 Å². The summed E-state index contributed by atoms with van der Waals surface area (Å²) < 4.78 is 5.28. The highest BCUT2D eigenvalue weighted by Crippen LogP contribution is 2.50. The highest BCUT2D eigenvalue weighted by molar-refractivity contribution is 5.85. The first kappa shape index (κ1) is 18.1. The Labute approximate surface area is 161 Å². The summed E-state index contributed by atoms with van der Waals surface area (Å²) in [5.41, 5.74) is 0.985. The van der Waals surface area contributed by atoms with Crippen LogP contribution >= 0.6 is 0 Å². The van der Waals surface area contributed by atoms with Gasteiger partial charge in [0.05, 0.1) is 13.2 Å². The summed E-state index contributed by atoms with van der Waals surface area (Å²) in [6.07, 6.45) is 2.01. The Bertz CT molecular complexity index is 742. The monoisotopic (exact) mass is 371 g/mol. The number of hydrogen-bond donors (Lipinski definition) is 0. The Morgan fingerprint density at radius 2 is 1.78 bits per heavy atom. The van der Waals surface area contributed by atoms with Gasteiger partial charge in [-0.15, -0.1) is 0 Å². The van der Waals surface area contributed by atoms with Crippen LogP contribution in [0.5, 0.6) is 5.75 Å². The first-order chi connectivity index (χ1) is 12.8. The summed E-state index contributed by atoms with van der Waals surface area (Å²) in [6, 6.07) is 8.04. The van der Waals surface area contributed by atoms with E-state index in [0.29, 0.717) is 18.4 Å². The zero-order chi connectivity index (χ0) is 19.3. The Morgan fingerprint density at radius 1 is 1.11 bits per heavy atom. The second-order valence-corrected chi connectivity index (χ2v) is 8.74. The molecule has 0 radical (unpaired) electrons. The molecule has 2 heterocycles. The summed E-state index contributed by atoms with van der Waals surface area (Å²) in [4.78, 5) is 31.3. The first-order valence-corrected chi connectivity index (χ1v) is 9.75. The van der Waals surface area contributed by atoms with Crippen LogP contribution in [0.15, 0.2) is 24.3 Å². The Hall–Kier alpha value is -2.24. The third-order valence-corrected chi connectivity index (χ3v) is 6.55. The third kappa shape index (κ3) is 3.05. The molecular formula is C21H29N3O3. The number of likely N-dealkylation sites (tertiary alicyclic amines) is 2. The predicted molar refractivity (Wildman–Crippen MR) is 102 cm³/mol. The van der Waals surface area contributed by atoms with Gasteiger partial charge in [0.2, 0.25) is 5.91 Å². The van der Waals surface area contributed by atoms with E-state index in [1.54, 1.807) is 26.1 Å². The summed E-state index contributed by atoms with van der Waals surface area (Å²) in [7, 11) is 5.25. The number of carbonyl (C=O) groups is 2. The van der Waals surface area contributed by atoms with Crippen molar-refractivity contribution >= 4 is 11.9 Å². The van der Waals surface area contributed by atoms with Crippen molar-refractivity contribution in [1.29, 1.82) is 0 Å². The fourth-order valence-electron chi connectivity index (χ4n) is 4.68. The molecule has 0 bridgehead atoms. The maximum atomic E-state index is 12.8. The van der Waals surface area contributed by atoms with E-state index in [0.717, 1.165) is 37.2 Å². The van der Waals surface area contributed by atoms with Crippen LogP contribution in [-0.2, 0) is 4.79 Å². The molecule has 1 saturated carbocycles. The zero-order valence-corrected chi connectivity index (χ0v) is 16.6. The molecule has 4 rings (SSSR count). The van der Waals surface area contributed by atoms with Crippen molar-refractivity contribution in [1.82, 2.24) is 14.7 Å². The number of urea groups is 1. The van der Waals surface area contributed by atoms with Gasteiger partial charge >= 0.3 is 6.03 Å². The average molecular weight is 371 g/mol. The minimum Gasteiger partial charge on any atom is -0.497 e. The Balaban J connectivity index is 1.60. The molecule has 146 valence electrons. The average Bonchev–Trinajstić information content (AvgIpc) is 3.13. The Morgan fingerprint density at radius 3 is 2.33 bits per heavy atom. The SMILES string of the molecule is COc1ccc([C@H]2[C@@H]3CN(C(=O)C4(C)CC4)C[C@@H]3CN2C(=O)N(C)C)cc1. The Kier molecular flexibility index (Phi) is 4.32. The van der Waals surface area contributed by atoms with Crippen LogP contribution in [0.3, 0.4) is 0 Å². The standard InChI is InChI=1S/C21H29N3O3/c1-21(9-10-21)19(25)23-11-15-12-24(20(26)22(2)3)18(17(15)13-23)14-5-7-16(27-4)8-6-14/h5-8,15,17-18H,9-13H2,1-4H3/t15-,17-,18+/m1/s1. The maximum Gasteiger partial charge on any atom is 0.320 e. The smallest absolute Gasteiger partial charge is 0.320 e. The molecule has 0 spiro atoms. The molecule has 3 atom stereocenters. The fourth-order valence-corrected chi connectivity index (χ4v) is 4.68. The maximum absolute atomic E-state index is 12.8. The number of ether oxygens (including phenoxy) is 1.